The molecule has 1 heterocycles. The van der Waals surface area contributed by atoms with Crippen LogP contribution < -0.4 is 16.4 Å². The van der Waals surface area contributed by atoms with Crippen LogP contribution in [0.1, 0.15) is 35.2 Å². The Morgan fingerprint density at radius 2 is 1.97 bits per heavy atom. The van der Waals surface area contributed by atoms with Crippen LogP contribution in [0.5, 0.6) is 0 Å². The molecule has 29 heavy (non-hydrogen) atoms. The highest BCUT2D eigenvalue weighted by molar-refractivity contribution is 5.95. The number of nitrogens with one attached hydrogen (secondary N) is 2. The number of carbonyl (C=O) groups excluding carboxylic acids is 1. The number of aromatic nitrogens is 1. The molecule has 1 amide bonds. The molecule has 0 bridgehead atoms. The van der Waals surface area contributed by atoms with E-state index in [9.17, 15) is 4.79 Å². The van der Waals surface area contributed by atoms with E-state index in [-0.39, 0.29) is 5.91 Å². The van der Waals surface area contributed by atoms with Gasteiger partial charge in [-0.15, -0.1) is 0 Å². The van der Waals surface area contributed by atoms with Gasteiger partial charge in [-0.2, -0.15) is 0 Å². The summed E-state index contributed by atoms with van der Waals surface area (Å²) in [5.41, 5.74) is 10.9. The molecule has 1 aliphatic carbocycles. The number of allylic oxidation sites excluding steroid dienone is 5. The third-order valence-corrected chi connectivity index (χ3v) is 4.59. The molecule has 0 aliphatic heterocycles. The number of anilines is 1. The van der Waals surface area contributed by atoms with Crippen molar-refractivity contribution in [3.63, 3.8) is 0 Å². The Balaban J connectivity index is 1.49. The number of amides is 1. The highest BCUT2D eigenvalue weighted by Crippen LogP contribution is 2.16. The first-order valence-corrected chi connectivity index (χ1v) is 9.69. The standard InChI is InChI=1S/C24H26N4O/c1-18(7-5-8-19-9-6-16-26-17-19)27-21-14-12-20(13-15-21)24(29)28-23-11-4-2-3-10-22(23)25/h2-4,6,9-10,12-17,27H,1,5,7-8,11,25H2,(H,28,29). The molecule has 148 valence electrons. The van der Waals surface area contributed by atoms with Crippen molar-refractivity contribution in [2.75, 3.05) is 5.32 Å². The van der Waals surface area contributed by atoms with Crippen LogP contribution in [0.15, 0.2) is 96.8 Å². The van der Waals surface area contributed by atoms with Gasteiger partial charge in [0.1, 0.15) is 0 Å². The molecule has 0 radical (unpaired) electrons. The van der Waals surface area contributed by atoms with Crippen molar-refractivity contribution in [3.05, 3.63) is 108 Å². The summed E-state index contributed by atoms with van der Waals surface area (Å²) >= 11 is 0. The first-order chi connectivity index (χ1) is 14.1. The molecule has 0 unspecified atom stereocenters. The molecule has 2 aromatic rings. The van der Waals surface area contributed by atoms with Gasteiger partial charge in [0, 0.05) is 41.5 Å². The fraction of sp³-hybridized carbons (Fsp3) is 0.167. The van der Waals surface area contributed by atoms with Gasteiger partial charge in [-0.3, -0.25) is 9.78 Å². The molecule has 0 saturated carbocycles. The van der Waals surface area contributed by atoms with Crippen LogP contribution in [-0.2, 0) is 6.42 Å². The van der Waals surface area contributed by atoms with Gasteiger partial charge in [-0.25, -0.2) is 0 Å². The summed E-state index contributed by atoms with van der Waals surface area (Å²) in [5.74, 6) is -0.173. The van der Waals surface area contributed by atoms with Crippen LogP contribution in [0.4, 0.5) is 5.69 Å². The largest absolute Gasteiger partial charge is 0.397 e. The molecule has 5 heteroatoms. The molecule has 1 aliphatic rings. The first-order valence-electron chi connectivity index (χ1n) is 9.69. The number of hydrogen-bond acceptors (Lipinski definition) is 4. The van der Waals surface area contributed by atoms with Gasteiger partial charge in [0.25, 0.3) is 5.91 Å². The van der Waals surface area contributed by atoms with E-state index < -0.39 is 0 Å². The van der Waals surface area contributed by atoms with Crippen LogP contribution >= 0.6 is 0 Å². The number of benzene rings is 1. The van der Waals surface area contributed by atoms with Gasteiger partial charge in [-0.05, 0) is 61.2 Å². The smallest absolute Gasteiger partial charge is 0.255 e. The average molecular weight is 386 g/mol. The predicted molar refractivity (Wildman–Crippen MR) is 118 cm³/mol. The van der Waals surface area contributed by atoms with Crippen LogP contribution in [0.25, 0.3) is 0 Å². The van der Waals surface area contributed by atoms with Crippen LogP contribution in [0.3, 0.4) is 0 Å². The maximum absolute atomic E-state index is 12.5. The van der Waals surface area contributed by atoms with E-state index in [0.717, 1.165) is 30.6 Å². The fourth-order valence-electron chi connectivity index (χ4n) is 3.00. The van der Waals surface area contributed by atoms with Crippen molar-refractivity contribution in [1.29, 1.82) is 0 Å². The summed E-state index contributed by atoms with van der Waals surface area (Å²) in [5, 5.41) is 6.20. The summed E-state index contributed by atoms with van der Waals surface area (Å²) < 4.78 is 0. The van der Waals surface area contributed by atoms with Gasteiger partial charge in [-0.1, -0.05) is 30.9 Å². The van der Waals surface area contributed by atoms with Crippen molar-refractivity contribution in [3.8, 4) is 0 Å². The van der Waals surface area contributed by atoms with E-state index >= 15 is 0 Å². The zero-order valence-corrected chi connectivity index (χ0v) is 16.4. The Labute approximate surface area is 171 Å². The lowest BCUT2D eigenvalue weighted by Crippen LogP contribution is -2.25. The molecule has 0 spiro atoms. The molecule has 5 nitrogen and oxygen atoms in total. The maximum Gasteiger partial charge on any atom is 0.255 e. The monoisotopic (exact) mass is 386 g/mol. The maximum atomic E-state index is 12.5. The number of aryl methyl sites for hydroxylation is 1. The van der Waals surface area contributed by atoms with Gasteiger partial charge in [0.2, 0.25) is 0 Å². The molecular formula is C24H26N4O. The van der Waals surface area contributed by atoms with E-state index in [2.05, 4.69) is 28.3 Å². The van der Waals surface area contributed by atoms with Crippen molar-refractivity contribution in [2.24, 2.45) is 5.73 Å². The van der Waals surface area contributed by atoms with Crippen LogP contribution in [0, 0.1) is 0 Å². The summed E-state index contributed by atoms with van der Waals surface area (Å²) in [7, 11) is 0. The Bertz CT molecular complexity index is 941. The third-order valence-electron chi connectivity index (χ3n) is 4.59. The minimum Gasteiger partial charge on any atom is -0.397 e. The zero-order chi connectivity index (χ0) is 20.5. The molecule has 1 aromatic heterocycles. The van der Waals surface area contributed by atoms with E-state index in [1.165, 1.54) is 5.56 Å². The van der Waals surface area contributed by atoms with E-state index in [1.54, 1.807) is 24.4 Å². The number of nitrogens with two attached hydrogens (primary N) is 1. The predicted octanol–water partition coefficient (Wildman–Crippen LogP) is 4.45. The van der Waals surface area contributed by atoms with Gasteiger partial charge in [0.15, 0.2) is 0 Å². The Kier molecular flexibility index (Phi) is 7.00. The van der Waals surface area contributed by atoms with Crippen molar-refractivity contribution < 1.29 is 4.79 Å². The van der Waals surface area contributed by atoms with Gasteiger partial charge in [0.05, 0.1) is 5.70 Å². The highest BCUT2D eigenvalue weighted by Gasteiger charge is 2.10. The molecule has 1 aromatic carbocycles. The minimum absolute atomic E-state index is 0.173. The lowest BCUT2D eigenvalue weighted by atomic mass is 10.1. The summed E-state index contributed by atoms with van der Waals surface area (Å²) in [6, 6.07) is 11.4. The first kappa shape index (κ1) is 20.1. The van der Waals surface area contributed by atoms with Crippen LogP contribution in [0.2, 0.25) is 0 Å². The lowest BCUT2D eigenvalue weighted by molar-refractivity contribution is 0.0965. The molecule has 3 rings (SSSR count). The van der Waals surface area contributed by atoms with Gasteiger partial charge >= 0.3 is 0 Å². The Hall–Kier alpha value is -3.60. The number of rotatable bonds is 8. The van der Waals surface area contributed by atoms with Crippen molar-refractivity contribution in [1.82, 2.24) is 10.3 Å². The summed E-state index contributed by atoms with van der Waals surface area (Å²) in [6.07, 6.45) is 14.6. The van der Waals surface area contributed by atoms with E-state index in [4.69, 9.17) is 5.73 Å². The molecule has 0 atom stereocenters. The number of nitrogens with zero attached hydrogens (tertiary/aromatic N) is 1. The second-order valence-corrected chi connectivity index (χ2v) is 6.90. The average Bonchev–Trinajstić information content (AvgIpc) is 2.93. The molecule has 0 saturated heterocycles. The molecular weight excluding hydrogens is 360 g/mol. The van der Waals surface area contributed by atoms with Crippen molar-refractivity contribution >= 4 is 11.6 Å². The molecule has 4 N–H and O–H groups in total. The van der Waals surface area contributed by atoms with Crippen molar-refractivity contribution in [2.45, 2.75) is 25.7 Å². The Morgan fingerprint density at radius 3 is 2.72 bits per heavy atom. The lowest BCUT2D eigenvalue weighted by Gasteiger charge is -2.12. The molecule has 0 fully saturated rings. The van der Waals surface area contributed by atoms with E-state index in [1.807, 2.05) is 42.6 Å². The summed E-state index contributed by atoms with van der Waals surface area (Å²) in [4.78, 5) is 16.6. The minimum atomic E-state index is -0.173. The topological polar surface area (TPSA) is 80.0 Å². The zero-order valence-electron chi connectivity index (χ0n) is 16.4. The van der Waals surface area contributed by atoms with E-state index in [0.29, 0.717) is 23.4 Å². The van der Waals surface area contributed by atoms with Crippen LogP contribution in [-0.4, -0.2) is 10.9 Å². The fourth-order valence-corrected chi connectivity index (χ4v) is 3.00. The quantitative estimate of drug-likeness (QED) is 0.626. The normalized spacial score (nSPS) is 13.1. The SMILES string of the molecule is C=C(CCCc1cccnc1)Nc1ccc(C(=O)NC2=C(N)C=CC=CC2)cc1. The summed E-state index contributed by atoms with van der Waals surface area (Å²) in [6.45, 7) is 4.09. The number of carbonyl (C=O) groups is 1. The second-order valence-electron chi connectivity index (χ2n) is 6.90. The number of pyridine rings is 1. The second kappa shape index (κ2) is 10.1. The van der Waals surface area contributed by atoms with Gasteiger partial charge < -0.3 is 16.4 Å². The highest BCUT2D eigenvalue weighted by atomic mass is 16.1. The third kappa shape index (κ3) is 6.21. The number of hydrogen-bond donors (Lipinski definition) is 3. The Morgan fingerprint density at radius 1 is 1.14 bits per heavy atom.